The van der Waals surface area contributed by atoms with Gasteiger partial charge in [0.05, 0.1) is 10.2 Å². The summed E-state index contributed by atoms with van der Waals surface area (Å²) in [6.07, 6.45) is 1.05. The number of nitrogens with one attached hydrogen (secondary N) is 1. The van der Waals surface area contributed by atoms with Crippen molar-refractivity contribution in [3.8, 4) is 0 Å². The molecule has 0 fully saturated rings. The molecule has 0 bridgehead atoms. The maximum atomic E-state index is 11.4. The molecule has 0 aliphatic carbocycles. The van der Waals surface area contributed by atoms with Gasteiger partial charge in [0, 0.05) is 0 Å². The summed E-state index contributed by atoms with van der Waals surface area (Å²) in [6.45, 7) is 3.75. The largest absolute Gasteiger partial charge is 0.480 e. The minimum Gasteiger partial charge on any atom is -0.480 e. The minimum absolute atomic E-state index is 0.523. The fourth-order valence-electron chi connectivity index (χ4n) is 1.91. The van der Waals surface area contributed by atoms with E-state index in [1.807, 2.05) is 38.1 Å². The number of aromatic nitrogens is 1. The van der Waals surface area contributed by atoms with E-state index in [0.29, 0.717) is 18.0 Å². The van der Waals surface area contributed by atoms with Crippen LogP contribution in [0.5, 0.6) is 0 Å². The Kier molecular flexibility index (Phi) is 3.52. The van der Waals surface area contributed by atoms with Crippen LogP contribution in [0.2, 0.25) is 0 Å². The lowest BCUT2D eigenvalue weighted by Gasteiger charge is -2.27. The number of fused-ring (bicyclic) bond motifs is 1. The van der Waals surface area contributed by atoms with E-state index in [1.165, 1.54) is 11.3 Å². The van der Waals surface area contributed by atoms with E-state index >= 15 is 0 Å². The van der Waals surface area contributed by atoms with Crippen molar-refractivity contribution in [3.05, 3.63) is 24.3 Å². The van der Waals surface area contributed by atoms with E-state index in [4.69, 9.17) is 0 Å². The third-order valence-electron chi connectivity index (χ3n) is 3.26. The second-order valence-electron chi connectivity index (χ2n) is 4.21. The van der Waals surface area contributed by atoms with Crippen LogP contribution in [0.4, 0.5) is 5.13 Å². The smallest absolute Gasteiger partial charge is 0.329 e. The molecule has 0 atom stereocenters. The van der Waals surface area contributed by atoms with Crippen molar-refractivity contribution in [1.82, 2.24) is 4.98 Å². The summed E-state index contributed by atoms with van der Waals surface area (Å²) in [4.78, 5) is 15.8. The first-order valence-corrected chi connectivity index (χ1v) is 6.80. The van der Waals surface area contributed by atoms with Crippen molar-refractivity contribution < 1.29 is 9.90 Å². The van der Waals surface area contributed by atoms with Crippen LogP contribution < -0.4 is 5.32 Å². The predicted octanol–water partition coefficient (Wildman–Crippen LogP) is 3.35. The predicted molar refractivity (Wildman–Crippen MR) is 74.2 cm³/mol. The third kappa shape index (κ3) is 2.18. The molecule has 4 nitrogen and oxygen atoms in total. The second-order valence-corrected chi connectivity index (χ2v) is 5.24. The third-order valence-corrected chi connectivity index (χ3v) is 4.21. The Morgan fingerprint density at radius 3 is 2.61 bits per heavy atom. The zero-order valence-electron chi connectivity index (χ0n) is 10.4. The number of carboxylic acids is 1. The van der Waals surface area contributed by atoms with Crippen molar-refractivity contribution >= 4 is 32.7 Å². The number of rotatable bonds is 5. The summed E-state index contributed by atoms with van der Waals surface area (Å²) < 4.78 is 1.06. The Bertz CT molecular complexity index is 528. The minimum atomic E-state index is -0.923. The molecule has 2 N–H and O–H groups in total. The topological polar surface area (TPSA) is 62.2 Å². The number of anilines is 1. The van der Waals surface area contributed by atoms with Gasteiger partial charge in [-0.3, -0.25) is 0 Å². The highest BCUT2D eigenvalue weighted by Gasteiger charge is 2.35. The van der Waals surface area contributed by atoms with E-state index in [-0.39, 0.29) is 0 Å². The quantitative estimate of drug-likeness (QED) is 0.869. The summed E-state index contributed by atoms with van der Waals surface area (Å²) in [7, 11) is 0. The van der Waals surface area contributed by atoms with Gasteiger partial charge >= 0.3 is 5.97 Å². The second kappa shape index (κ2) is 4.94. The Labute approximate surface area is 110 Å². The van der Waals surface area contributed by atoms with E-state index < -0.39 is 11.5 Å². The van der Waals surface area contributed by atoms with Crippen molar-refractivity contribution in [1.29, 1.82) is 0 Å². The average Bonchev–Trinajstić information content (AvgIpc) is 2.77. The Morgan fingerprint density at radius 2 is 2.06 bits per heavy atom. The van der Waals surface area contributed by atoms with E-state index in [1.54, 1.807) is 0 Å². The van der Waals surface area contributed by atoms with Crippen LogP contribution in [-0.2, 0) is 4.79 Å². The molecular formula is C13H16N2O2S. The van der Waals surface area contributed by atoms with Gasteiger partial charge in [0.15, 0.2) is 5.13 Å². The van der Waals surface area contributed by atoms with Crippen LogP contribution in [0.1, 0.15) is 26.7 Å². The van der Waals surface area contributed by atoms with Crippen LogP contribution in [0.3, 0.4) is 0 Å². The van der Waals surface area contributed by atoms with Crippen molar-refractivity contribution in [2.24, 2.45) is 0 Å². The number of para-hydroxylation sites is 1. The lowest BCUT2D eigenvalue weighted by atomic mass is 9.93. The molecule has 0 saturated heterocycles. The highest BCUT2D eigenvalue weighted by Crippen LogP contribution is 2.30. The number of carboxylic acid groups (broad SMARTS) is 1. The Morgan fingerprint density at radius 1 is 1.39 bits per heavy atom. The molecule has 0 unspecified atom stereocenters. The van der Waals surface area contributed by atoms with Crippen LogP contribution in [0.15, 0.2) is 24.3 Å². The van der Waals surface area contributed by atoms with E-state index in [0.717, 1.165) is 10.2 Å². The highest BCUT2D eigenvalue weighted by molar-refractivity contribution is 7.22. The zero-order valence-corrected chi connectivity index (χ0v) is 11.3. The van der Waals surface area contributed by atoms with Crippen LogP contribution in [-0.4, -0.2) is 21.6 Å². The van der Waals surface area contributed by atoms with Gasteiger partial charge in [0.1, 0.15) is 5.54 Å². The zero-order chi connectivity index (χ0) is 13.2. The average molecular weight is 264 g/mol. The fourth-order valence-corrected chi connectivity index (χ4v) is 2.88. The lowest BCUT2D eigenvalue weighted by molar-refractivity contribution is -0.142. The highest BCUT2D eigenvalue weighted by atomic mass is 32.1. The molecule has 1 aromatic heterocycles. The number of nitrogens with zero attached hydrogens (tertiary/aromatic N) is 1. The molecule has 0 spiro atoms. The number of benzene rings is 1. The Balaban J connectivity index is 2.34. The van der Waals surface area contributed by atoms with Crippen molar-refractivity contribution in [2.45, 2.75) is 32.2 Å². The molecule has 96 valence electrons. The molecular weight excluding hydrogens is 248 g/mol. The SMILES string of the molecule is CCC(CC)(Nc1nc2ccccc2s1)C(=O)O. The molecule has 0 aliphatic rings. The number of hydrogen-bond donors (Lipinski definition) is 2. The normalized spacial score (nSPS) is 11.7. The van der Waals surface area contributed by atoms with Crippen LogP contribution >= 0.6 is 11.3 Å². The maximum Gasteiger partial charge on any atom is 0.329 e. The standard InChI is InChI=1S/C13H16N2O2S/c1-3-13(4-2,11(16)17)15-12-14-9-7-5-6-8-10(9)18-12/h5-8H,3-4H2,1-2H3,(H,14,15)(H,16,17). The molecule has 0 saturated carbocycles. The molecule has 1 aromatic carbocycles. The number of aliphatic carboxylic acids is 1. The molecule has 18 heavy (non-hydrogen) atoms. The Hall–Kier alpha value is -1.62. The van der Waals surface area contributed by atoms with Gasteiger partial charge in [0.2, 0.25) is 0 Å². The summed E-state index contributed by atoms with van der Waals surface area (Å²) >= 11 is 1.49. The van der Waals surface area contributed by atoms with Gasteiger partial charge in [-0.25, -0.2) is 9.78 Å². The lowest BCUT2D eigenvalue weighted by Crippen LogP contribution is -2.45. The van der Waals surface area contributed by atoms with Crippen molar-refractivity contribution in [2.75, 3.05) is 5.32 Å². The van der Waals surface area contributed by atoms with Crippen LogP contribution in [0, 0.1) is 0 Å². The number of carbonyl (C=O) groups is 1. The number of thiazole rings is 1. The van der Waals surface area contributed by atoms with Gasteiger partial charge in [0.25, 0.3) is 0 Å². The van der Waals surface area contributed by atoms with Gasteiger partial charge in [-0.2, -0.15) is 0 Å². The van der Waals surface area contributed by atoms with Gasteiger partial charge in [-0.05, 0) is 25.0 Å². The van der Waals surface area contributed by atoms with Gasteiger partial charge in [-0.1, -0.05) is 37.3 Å². The van der Waals surface area contributed by atoms with E-state index in [9.17, 15) is 9.90 Å². The summed E-state index contributed by atoms with van der Waals surface area (Å²) in [5.41, 5.74) is -0.0232. The molecule has 2 aromatic rings. The molecule has 0 amide bonds. The van der Waals surface area contributed by atoms with Crippen molar-refractivity contribution in [3.63, 3.8) is 0 Å². The molecule has 2 rings (SSSR count). The number of hydrogen-bond acceptors (Lipinski definition) is 4. The molecule has 0 radical (unpaired) electrons. The monoisotopic (exact) mass is 264 g/mol. The first-order valence-electron chi connectivity index (χ1n) is 5.98. The van der Waals surface area contributed by atoms with E-state index in [2.05, 4.69) is 10.3 Å². The summed E-state index contributed by atoms with van der Waals surface area (Å²) in [6, 6.07) is 7.79. The first-order chi connectivity index (χ1) is 8.61. The summed E-state index contributed by atoms with van der Waals surface area (Å²) in [5, 5.41) is 13.1. The maximum absolute atomic E-state index is 11.4. The van der Waals surface area contributed by atoms with Gasteiger partial charge < -0.3 is 10.4 Å². The van der Waals surface area contributed by atoms with Crippen LogP contribution in [0.25, 0.3) is 10.2 Å². The molecule has 5 heteroatoms. The fraction of sp³-hybridized carbons (Fsp3) is 0.385. The molecule has 1 heterocycles. The first kappa shape index (κ1) is 12.8. The van der Waals surface area contributed by atoms with Gasteiger partial charge in [-0.15, -0.1) is 0 Å². The molecule has 0 aliphatic heterocycles. The summed E-state index contributed by atoms with van der Waals surface area (Å²) in [5.74, 6) is -0.827.